The van der Waals surface area contributed by atoms with Crippen molar-refractivity contribution in [1.82, 2.24) is 4.98 Å². The molecule has 16 heavy (non-hydrogen) atoms. The number of nitrogens with two attached hydrogens (primary N) is 2. The molecule has 4 heteroatoms. The predicted octanol–water partition coefficient (Wildman–Crippen LogP) is 1.11. The number of fused-ring (bicyclic) bond motifs is 3. The first-order valence-electron chi connectivity index (χ1n) is 4.97. The number of H-pyrrole nitrogens is 1. The molecule has 0 aliphatic rings. The van der Waals surface area contributed by atoms with Gasteiger partial charge in [0.15, 0.2) is 0 Å². The third kappa shape index (κ3) is 1.25. The summed E-state index contributed by atoms with van der Waals surface area (Å²) in [6, 6.07) is 12.2. The van der Waals surface area contributed by atoms with Crippen LogP contribution >= 0.6 is 0 Å². The zero-order chi connectivity index (χ0) is 11.1. The van der Waals surface area contributed by atoms with E-state index in [0.717, 1.165) is 26.6 Å². The molecule has 0 aliphatic carbocycles. The number of nitrogen functional groups attached to an aromatic ring is 1. The topological polar surface area (TPSA) is 67.8 Å². The molecule has 3 aromatic rings. The Labute approximate surface area is 99.2 Å². The van der Waals surface area contributed by atoms with Gasteiger partial charge in [0.2, 0.25) is 0 Å². The molecule has 0 spiro atoms. The van der Waals surface area contributed by atoms with Gasteiger partial charge in [0.1, 0.15) is 0 Å². The molecule has 0 unspecified atom stereocenters. The molecule has 2 aromatic carbocycles. The van der Waals surface area contributed by atoms with Crippen LogP contribution < -0.4 is 14.9 Å². The van der Waals surface area contributed by atoms with Crippen molar-refractivity contribution >= 4 is 47.1 Å². The van der Waals surface area contributed by atoms with Crippen LogP contribution in [0.2, 0.25) is 0 Å². The Hall–Kier alpha value is -1.48. The molecule has 0 saturated carbocycles. The number of aromatic nitrogens is 1. The first-order chi connectivity index (χ1) is 7.81. The van der Waals surface area contributed by atoms with Crippen LogP contribution in [0.3, 0.4) is 0 Å². The van der Waals surface area contributed by atoms with E-state index in [-0.39, 0.29) is 15.2 Å². The van der Waals surface area contributed by atoms with Gasteiger partial charge in [-0.05, 0) is 0 Å². The fourth-order valence-corrected chi connectivity index (χ4v) is 2.84. The van der Waals surface area contributed by atoms with E-state index in [1.54, 1.807) is 0 Å². The summed E-state index contributed by atoms with van der Waals surface area (Å²) in [6.07, 6.45) is 0. The van der Waals surface area contributed by atoms with Crippen molar-refractivity contribution in [1.29, 1.82) is 0 Å². The van der Waals surface area contributed by atoms with Crippen molar-refractivity contribution in [2.75, 3.05) is 5.73 Å². The van der Waals surface area contributed by atoms with Gasteiger partial charge < -0.3 is 0 Å². The Morgan fingerprint density at radius 3 is 2.62 bits per heavy atom. The van der Waals surface area contributed by atoms with Crippen LogP contribution in [0.4, 0.5) is 5.69 Å². The summed E-state index contributed by atoms with van der Waals surface area (Å²) in [5.74, 6) is 0. The third-order valence-corrected chi connectivity index (χ3v) is 4.08. The van der Waals surface area contributed by atoms with Crippen LogP contribution in [0.15, 0.2) is 36.4 Å². The monoisotopic (exact) mass is 277 g/mol. The van der Waals surface area contributed by atoms with E-state index in [1.807, 2.05) is 18.2 Å². The van der Waals surface area contributed by atoms with E-state index in [9.17, 15) is 0 Å². The van der Waals surface area contributed by atoms with E-state index in [2.05, 4.69) is 23.2 Å². The van der Waals surface area contributed by atoms with Gasteiger partial charge in [-0.2, -0.15) is 0 Å². The zero-order valence-electron chi connectivity index (χ0n) is 8.53. The SMILES string of the molecule is N[Se]c1ccc2[nH]c3ccccc3c2c1N. The molecule has 80 valence electrons. The van der Waals surface area contributed by atoms with Gasteiger partial charge in [-0.3, -0.25) is 0 Å². The fourth-order valence-electron chi connectivity index (χ4n) is 2.05. The average Bonchev–Trinajstić information content (AvgIpc) is 2.68. The van der Waals surface area contributed by atoms with Crippen LogP contribution in [0.5, 0.6) is 0 Å². The summed E-state index contributed by atoms with van der Waals surface area (Å²) < 4.78 is 6.79. The molecular weight excluding hydrogens is 265 g/mol. The minimum atomic E-state index is -0.0589. The summed E-state index contributed by atoms with van der Waals surface area (Å²) in [6.45, 7) is 0. The molecule has 0 radical (unpaired) electrons. The van der Waals surface area contributed by atoms with Gasteiger partial charge in [0.05, 0.1) is 0 Å². The van der Waals surface area contributed by atoms with E-state index >= 15 is 0 Å². The quantitative estimate of drug-likeness (QED) is 0.460. The first kappa shape index (κ1) is 9.72. The summed E-state index contributed by atoms with van der Waals surface area (Å²) in [5.41, 5.74) is 9.16. The van der Waals surface area contributed by atoms with Gasteiger partial charge in [-0.15, -0.1) is 0 Å². The van der Waals surface area contributed by atoms with Gasteiger partial charge in [0, 0.05) is 0 Å². The van der Waals surface area contributed by atoms with Gasteiger partial charge in [-0.1, -0.05) is 0 Å². The van der Waals surface area contributed by atoms with Crippen LogP contribution in [0.1, 0.15) is 0 Å². The standard InChI is InChI=1S/C12H11N3Se/c13-12-10(16-14)6-5-9-11(12)7-3-1-2-4-8(7)15-9/h1-6,15H,13-14H2. The van der Waals surface area contributed by atoms with Crippen LogP contribution in [-0.2, 0) is 0 Å². The van der Waals surface area contributed by atoms with E-state index < -0.39 is 0 Å². The molecule has 5 N–H and O–H groups in total. The average molecular weight is 276 g/mol. The number of hydrogen-bond acceptors (Lipinski definition) is 2. The Kier molecular flexibility index (Phi) is 2.14. The predicted molar refractivity (Wildman–Crippen MR) is 69.8 cm³/mol. The normalized spacial score (nSPS) is 11.3. The van der Waals surface area contributed by atoms with Gasteiger partial charge >= 0.3 is 99.0 Å². The third-order valence-electron chi connectivity index (χ3n) is 2.80. The molecule has 3 rings (SSSR count). The van der Waals surface area contributed by atoms with Crippen molar-refractivity contribution < 1.29 is 0 Å². The number of anilines is 1. The molecule has 3 nitrogen and oxygen atoms in total. The maximum absolute atomic E-state index is 6.16. The van der Waals surface area contributed by atoms with Crippen molar-refractivity contribution in [3.8, 4) is 0 Å². The molecule has 0 saturated heterocycles. The minimum absolute atomic E-state index is 0.0589. The van der Waals surface area contributed by atoms with Crippen molar-refractivity contribution in [3.05, 3.63) is 36.4 Å². The second kappa shape index (κ2) is 3.52. The molecule has 1 heterocycles. The van der Waals surface area contributed by atoms with Crippen LogP contribution in [-0.4, -0.2) is 20.2 Å². The second-order valence-corrected chi connectivity index (χ2v) is 5.11. The molecule has 0 bridgehead atoms. The van der Waals surface area contributed by atoms with E-state index in [0.29, 0.717) is 0 Å². The Morgan fingerprint density at radius 2 is 1.81 bits per heavy atom. The van der Waals surface area contributed by atoms with Gasteiger partial charge in [0.25, 0.3) is 0 Å². The maximum atomic E-state index is 6.16. The summed E-state index contributed by atoms with van der Waals surface area (Å²) in [4.78, 5) is 3.36. The fraction of sp³-hybridized carbons (Fsp3) is 0. The molecule has 0 fully saturated rings. The number of benzene rings is 2. The molecule has 0 aliphatic heterocycles. The van der Waals surface area contributed by atoms with Crippen LogP contribution in [0.25, 0.3) is 21.8 Å². The number of nitrogens with one attached hydrogen (secondary N) is 1. The molecular formula is C12H11N3Se. The van der Waals surface area contributed by atoms with E-state index in [1.165, 1.54) is 5.39 Å². The second-order valence-electron chi connectivity index (χ2n) is 3.69. The number of para-hydroxylation sites is 1. The van der Waals surface area contributed by atoms with Gasteiger partial charge in [-0.25, -0.2) is 0 Å². The number of aromatic amines is 1. The molecule has 0 atom stereocenters. The Morgan fingerprint density at radius 1 is 1.00 bits per heavy atom. The van der Waals surface area contributed by atoms with Crippen LogP contribution in [0, 0.1) is 0 Å². The van der Waals surface area contributed by atoms with Crippen molar-refractivity contribution in [2.24, 2.45) is 4.75 Å². The summed E-state index contributed by atoms with van der Waals surface area (Å²) >= 11 is -0.0589. The van der Waals surface area contributed by atoms with E-state index in [4.69, 9.17) is 10.5 Å². The zero-order valence-corrected chi connectivity index (χ0v) is 10.2. The number of hydrogen-bond donors (Lipinski definition) is 3. The summed E-state index contributed by atoms with van der Waals surface area (Å²) in [7, 11) is 0. The molecule has 1 aromatic heterocycles. The summed E-state index contributed by atoms with van der Waals surface area (Å²) in [5, 5.41) is 2.27. The van der Waals surface area contributed by atoms with Crippen molar-refractivity contribution in [3.63, 3.8) is 0 Å². The Bertz CT molecular complexity index is 672. The van der Waals surface area contributed by atoms with Crippen molar-refractivity contribution in [2.45, 2.75) is 0 Å². The first-order valence-corrected chi connectivity index (χ1v) is 6.81. The molecule has 0 amide bonds. The Balaban J connectivity index is 2.53. The number of rotatable bonds is 1.